The molecule has 9 heteroatoms. The summed E-state index contributed by atoms with van der Waals surface area (Å²) in [7, 11) is 5.90. The number of hydrogen-bond acceptors (Lipinski definition) is 7. The number of carboxylic acids is 1. The van der Waals surface area contributed by atoms with Crippen molar-refractivity contribution < 1.29 is 42.9 Å². The first kappa shape index (κ1) is 48.7. The number of carbonyl (C=O) groups excluding carboxylic acids is 2. The van der Waals surface area contributed by atoms with Crippen molar-refractivity contribution >= 4 is 17.9 Å². The van der Waals surface area contributed by atoms with Gasteiger partial charge in [0.1, 0.15) is 13.2 Å². The number of allylic oxidation sites excluding steroid dienone is 11. The molecule has 0 aliphatic heterocycles. The Bertz CT molecular complexity index is 1080. The average molecular weight is 731 g/mol. The second kappa shape index (κ2) is 34.8. The van der Waals surface area contributed by atoms with E-state index in [0.29, 0.717) is 17.4 Å². The number of carboxylic acid groups (broad SMARTS) is 1. The van der Waals surface area contributed by atoms with E-state index in [1.807, 2.05) is 33.3 Å². The van der Waals surface area contributed by atoms with Crippen molar-refractivity contribution in [3.8, 4) is 0 Å². The highest BCUT2D eigenvalue weighted by Gasteiger charge is 2.24. The normalized spacial score (nSPS) is 13.8. The Labute approximate surface area is 316 Å². The number of rotatable bonds is 34. The summed E-state index contributed by atoms with van der Waals surface area (Å²) in [5.41, 5.74) is 0. The van der Waals surface area contributed by atoms with Gasteiger partial charge in [0.2, 0.25) is 0 Å². The number of likely N-dealkylation sites (N-methyl/N-ethyl adjacent to an activating group) is 1. The fourth-order valence-corrected chi connectivity index (χ4v) is 4.67. The lowest BCUT2D eigenvalue weighted by atomic mass is 10.1. The molecule has 0 aromatic carbocycles. The minimum atomic E-state index is -1.54. The van der Waals surface area contributed by atoms with E-state index in [9.17, 15) is 19.5 Å². The van der Waals surface area contributed by atoms with Crippen LogP contribution in [0.3, 0.4) is 0 Å². The third kappa shape index (κ3) is 35.1. The molecule has 52 heavy (non-hydrogen) atoms. The van der Waals surface area contributed by atoms with E-state index in [1.165, 1.54) is 19.3 Å². The van der Waals surface area contributed by atoms with Crippen molar-refractivity contribution in [1.82, 2.24) is 0 Å². The SMILES string of the molecule is CC/C=C\C/C=C\C/C=C\C/C=C\C/C=C\CC(=O)OC(COC(=O)CCCCCCC/C=C\CCCCC)COC(OCC[N+](C)(C)C)C(=O)O. The van der Waals surface area contributed by atoms with Gasteiger partial charge in [0, 0.05) is 6.42 Å². The van der Waals surface area contributed by atoms with Crippen LogP contribution in [0.1, 0.15) is 123 Å². The summed E-state index contributed by atoms with van der Waals surface area (Å²) < 4.78 is 22.5. The maximum absolute atomic E-state index is 12.6. The van der Waals surface area contributed by atoms with Crippen LogP contribution < -0.4 is 0 Å². The molecule has 0 amide bonds. The van der Waals surface area contributed by atoms with Crippen LogP contribution in [0.2, 0.25) is 0 Å². The molecule has 0 rings (SSSR count). The maximum atomic E-state index is 12.6. The Balaban J connectivity index is 4.71. The minimum absolute atomic E-state index is 0.0228. The second-order valence-corrected chi connectivity index (χ2v) is 13.9. The molecule has 0 saturated heterocycles. The van der Waals surface area contributed by atoms with E-state index >= 15 is 0 Å². The van der Waals surface area contributed by atoms with Gasteiger partial charge in [0.05, 0.1) is 40.8 Å². The van der Waals surface area contributed by atoms with Crippen LogP contribution in [-0.2, 0) is 33.3 Å². The van der Waals surface area contributed by atoms with Gasteiger partial charge in [-0.1, -0.05) is 119 Å². The van der Waals surface area contributed by atoms with Gasteiger partial charge in [0.15, 0.2) is 6.10 Å². The molecule has 0 heterocycles. The van der Waals surface area contributed by atoms with Gasteiger partial charge in [-0.3, -0.25) is 9.59 Å². The van der Waals surface area contributed by atoms with Gasteiger partial charge in [-0.15, -0.1) is 0 Å². The van der Waals surface area contributed by atoms with Crippen molar-refractivity contribution in [1.29, 1.82) is 0 Å². The van der Waals surface area contributed by atoms with Crippen molar-refractivity contribution in [2.75, 3.05) is 47.5 Å². The van der Waals surface area contributed by atoms with E-state index in [1.54, 1.807) is 6.08 Å². The molecule has 2 unspecified atom stereocenters. The third-order valence-electron chi connectivity index (χ3n) is 7.73. The van der Waals surface area contributed by atoms with E-state index in [4.69, 9.17) is 18.9 Å². The average Bonchev–Trinajstić information content (AvgIpc) is 3.09. The van der Waals surface area contributed by atoms with Crippen LogP contribution in [-0.4, -0.2) is 87.4 Å². The highest BCUT2D eigenvalue weighted by Crippen LogP contribution is 2.10. The summed E-state index contributed by atoms with van der Waals surface area (Å²) in [4.78, 5) is 36.8. The van der Waals surface area contributed by atoms with Crippen LogP contribution >= 0.6 is 0 Å². The number of nitrogens with zero attached hydrogens (tertiary/aromatic N) is 1. The lowest BCUT2D eigenvalue weighted by Gasteiger charge is -2.25. The van der Waals surface area contributed by atoms with Gasteiger partial charge in [-0.05, 0) is 64.2 Å². The standard InChI is InChI=1S/C43H71NO8/c1-6-8-10-12-14-16-18-20-21-22-24-26-28-30-32-34-41(46)52-39(38-51-43(42(47)48)49-36-35-44(3,4)5)37-50-40(45)33-31-29-27-25-23-19-17-15-13-11-9-7-2/h8,10,14-17,20-21,24,26,30,32,39,43H,6-7,9,11-13,18-19,22-23,25,27-29,31,33-38H2,1-5H3/p+1/b10-8-,16-14-,17-15-,21-20-,26-24-,32-30-. The first-order valence-corrected chi connectivity index (χ1v) is 19.6. The summed E-state index contributed by atoms with van der Waals surface area (Å²) in [6.07, 6.45) is 38.5. The number of hydrogen-bond donors (Lipinski definition) is 1. The third-order valence-corrected chi connectivity index (χ3v) is 7.73. The maximum Gasteiger partial charge on any atom is 0.361 e. The number of ether oxygens (including phenoxy) is 4. The molecule has 0 spiro atoms. The number of quaternary nitrogens is 1. The molecule has 1 N–H and O–H groups in total. The molecule has 0 saturated carbocycles. The topological polar surface area (TPSA) is 108 Å². The van der Waals surface area contributed by atoms with Crippen molar-refractivity contribution in [2.24, 2.45) is 0 Å². The first-order chi connectivity index (χ1) is 25.1. The van der Waals surface area contributed by atoms with Gasteiger partial charge in [-0.2, -0.15) is 0 Å². The molecular weight excluding hydrogens is 658 g/mol. The van der Waals surface area contributed by atoms with Crippen molar-refractivity contribution in [3.05, 3.63) is 72.9 Å². The van der Waals surface area contributed by atoms with Crippen molar-refractivity contribution in [2.45, 2.75) is 135 Å². The minimum Gasteiger partial charge on any atom is -0.477 e. The number of unbranched alkanes of at least 4 members (excludes halogenated alkanes) is 8. The second-order valence-electron chi connectivity index (χ2n) is 13.9. The fourth-order valence-electron chi connectivity index (χ4n) is 4.67. The summed E-state index contributed by atoms with van der Waals surface area (Å²) in [6, 6.07) is 0. The van der Waals surface area contributed by atoms with Crippen molar-refractivity contribution in [3.63, 3.8) is 0 Å². The van der Waals surface area contributed by atoms with E-state index in [0.717, 1.165) is 70.6 Å². The predicted molar refractivity (Wildman–Crippen MR) is 212 cm³/mol. The Morgan fingerprint density at radius 1 is 0.615 bits per heavy atom. The van der Waals surface area contributed by atoms with Crippen LogP contribution in [0.4, 0.5) is 0 Å². The lowest BCUT2D eigenvalue weighted by Crippen LogP contribution is -2.40. The zero-order valence-corrected chi connectivity index (χ0v) is 33.2. The molecule has 0 aromatic heterocycles. The van der Waals surface area contributed by atoms with Gasteiger partial charge in [-0.25, -0.2) is 4.79 Å². The molecule has 0 bridgehead atoms. The van der Waals surface area contributed by atoms with Crippen LogP contribution in [0.5, 0.6) is 0 Å². The quantitative estimate of drug-likeness (QED) is 0.0229. The molecular formula is C43H72NO8+. The Kier molecular flexibility index (Phi) is 32.6. The molecule has 2 atom stereocenters. The molecule has 296 valence electrons. The molecule has 0 fully saturated rings. The summed E-state index contributed by atoms with van der Waals surface area (Å²) in [5.74, 6) is -2.20. The fraction of sp³-hybridized carbons (Fsp3) is 0.651. The van der Waals surface area contributed by atoms with E-state index in [2.05, 4.69) is 68.5 Å². The predicted octanol–water partition coefficient (Wildman–Crippen LogP) is 9.60. The number of carbonyl (C=O) groups is 3. The van der Waals surface area contributed by atoms with Crippen LogP contribution in [0.15, 0.2) is 72.9 Å². The highest BCUT2D eigenvalue weighted by molar-refractivity contribution is 5.72. The summed E-state index contributed by atoms with van der Waals surface area (Å²) >= 11 is 0. The highest BCUT2D eigenvalue weighted by atomic mass is 16.7. The van der Waals surface area contributed by atoms with Crippen LogP contribution in [0.25, 0.3) is 0 Å². The number of aliphatic carboxylic acids is 1. The molecule has 0 aromatic rings. The van der Waals surface area contributed by atoms with E-state index in [-0.39, 0.29) is 38.6 Å². The molecule has 0 radical (unpaired) electrons. The first-order valence-electron chi connectivity index (χ1n) is 19.6. The monoisotopic (exact) mass is 731 g/mol. The smallest absolute Gasteiger partial charge is 0.361 e. The zero-order valence-electron chi connectivity index (χ0n) is 33.2. The van der Waals surface area contributed by atoms with E-state index < -0.39 is 24.3 Å². The summed E-state index contributed by atoms with van der Waals surface area (Å²) in [5, 5.41) is 9.58. The van der Waals surface area contributed by atoms with Gasteiger partial charge < -0.3 is 28.5 Å². The number of esters is 2. The van der Waals surface area contributed by atoms with Crippen LogP contribution in [0, 0.1) is 0 Å². The summed E-state index contributed by atoms with van der Waals surface area (Å²) in [6.45, 7) is 4.56. The Morgan fingerprint density at radius 2 is 1.15 bits per heavy atom. The molecule has 0 aliphatic carbocycles. The Morgan fingerprint density at radius 3 is 1.71 bits per heavy atom. The van der Waals surface area contributed by atoms with Gasteiger partial charge in [0.25, 0.3) is 6.29 Å². The largest absolute Gasteiger partial charge is 0.477 e. The molecule has 9 nitrogen and oxygen atoms in total. The Hall–Kier alpha value is -3.27. The zero-order chi connectivity index (χ0) is 38.5. The molecule has 0 aliphatic rings. The lowest BCUT2D eigenvalue weighted by molar-refractivity contribution is -0.870. The van der Waals surface area contributed by atoms with Gasteiger partial charge >= 0.3 is 17.9 Å².